The number of primary sulfonamides is 1. The summed E-state index contributed by atoms with van der Waals surface area (Å²) in [4.78, 5) is 11.9. The molecule has 4 aromatic rings. The van der Waals surface area contributed by atoms with Crippen molar-refractivity contribution in [3.8, 4) is 11.4 Å². The second-order valence-electron chi connectivity index (χ2n) is 6.30. The van der Waals surface area contributed by atoms with Crippen LogP contribution in [-0.4, -0.2) is 31.2 Å². The number of aromatic nitrogens is 2. The monoisotopic (exact) mass is 430 g/mol. The van der Waals surface area contributed by atoms with Crippen LogP contribution in [0, 0.1) is 0 Å². The number of carbonyl (C=O) groups is 1. The molecule has 0 atom stereocenters. The number of hydrogen-bond donors (Lipinski definition) is 2. The van der Waals surface area contributed by atoms with E-state index in [9.17, 15) is 13.2 Å². The zero-order valence-electron chi connectivity index (χ0n) is 15.1. The van der Waals surface area contributed by atoms with Crippen LogP contribution in [0.1, 0.15) is 10.5 Å². The molecule has 29 heavy (non-hydrogen) atoms. The Morgan fingerprint density at radius 1 is 1.03 bits per heavy atom. The van der Waals surface area contributed by atoms with Gasteiger partial charge >= 0.3 is 0 Å². The second-order valence-corrected chi connectivity index (χ2v) is 8.24. The van der Waals surface area contributed by atoms with Crippen LogP contribution in [0.2, 0.25) is 5.02 Å². The molecule has 4 N–H and O–H groups in total. The molecule has 10 heteroatoms. The molecule has 3 aromatic carbocycles. The summed E-state index contributed by atoms with van der Waals surface area (Å²) < 4.78 is 29.8. The normalized spacial score (nSPS) is 11.8. The highest BCUT2D eigenvalue weighted by atomic mass is 35.5. The lowest BCUT2D eigenvalue weighted by Crippen LogP contribution is -2.13. The number of halogens is 1. The minimum atomic E-state index is -3.84. The smallest absolute Gasteiger partial charge is 0.269 e. The van der Waals surface area contributed by atoms with E-state index in [2.05, 4.69) is 5.10 Å². The minimum absolute atomic E-state index is 0.0366. The van der Waals surface area contributed by atoms with Crippen molar-refractivity contribution in [2.24, 2.45) is 10.9 Å². The maximum absolute atomic E-state index is 12.0. The fourth-order valence-corrected chi connectivity index (χ4v) is 4.08. The molecule has 1 aromatic heterocycles. The standard InChI is InChI=1S/C19H15ClN4O4S/c1-28-15-9-8-13-12(16(15)20)6-7-14-17(19(21)25)23-24(18(13)14)10-2-4-11(5-3-10)29(22,26)27/h2-9H,1H3,(H2,21,25)(H2,22,26,27). The molecular weight excluding hydrogens is 416 g/mol. The van der Waals surface area contributed by atoms with Crippen molar-refractivity contribution in [1.82, 2.24) is 9.78 Å². The molecule has 0 bridgehead atoms. The number of amides is 1. The van der Waals surface area contributed by atoms with E-state index < -0.39 is 15.9 Å². The summed E-state index contributed by atoms with van der Waals surface area (Å²) in [6, 6.07) is 12.8. The minimum Gasteiger partial charge on any atom is -0.495 e. The highest BCUT2D eigenvalue weighted by Gasteiger charge is 2.20. The van der Waals surface area contributed by atoms with Crippen LogP contribution in [-0.2, 0) is 10.0 Å². The Bertz CT molecular complexity index is 1400. The quantitative estimate of drug-likeness (QED) is 0.513. The lowest BCUT2D eigenvalue weighted by molar-refractivity contribution is 0.0996. The number of benzene rings is 3. The molecule has 0 fully saturated rings. The number of nitrogens with two attached hydrogens (primary N) is 2. The molecule has 0 spiro atoms. The highest BCUT2D eigenvalue weighted by Crippen LogP contribution is 2.37. The van der Waals surface area contributed by atoms with Gasteiger partial charge in [-0.05, 0) is 42.5 Å². The van der Waals surface area contributed by atoms with Gasteiger partial charge in [-0.2, -0.15) is 5.10 Å². The Balaban J connectivity index is 2.07. The van der Waals surface area contributed by atoms with Gasteiger partial charge in [0.25, 0.3) is 5.91 Å². The zero-order chi connectivity index (χ0) is 20.9. The first-order valence-electron chi connectivity index (χ1n) is 8.33. The van der Waals surface area contributed by atoms with Crippen molar-refractivity contribution in [1.29, 1.82) is 0 Å². The number of fused-ring (bicyclic) bond motifs is 3. The van der Waals surface area contributed by atoms with Crippen LogP contribution >= 0.6 is 11.6 Å². The van der Waals surface area contributed by atoms with Crippen LogP contribution < -0.4 is 15.6 Å². The lowest BCUT2D eigenvalue weighted by Gasteiger charge is -2.10. The first-order chi connectivity index (χ1) is 13.7. The van der Waals surface area contributed by atoms with Crippen molar-refractivity contribution in [3.05, 3.63) is 59.2 Å². The zero-order valence-corrected chi connectivity index (χ0v) is 16.7. The Morgan fingerprint density at radius 2 is 1.66 bits per heavy atom. The van der Waals surface area contributed by atoms with Gasteiger partial charge in [-0.3, -0.25) is 4.79 Å². The lowest BCUT2D eigenvalue weighted by atomic mass is 10.1. The molecule has 0 saturated carbocycles. The van der Waals surface area contributed by atoms with E-state index in [1.165, 1.54) is 23.9 Å². The predicted molar refractivity (Wildman–Crippen MR) is 110 cm³/mol. The Kier molecular flexibility index (Phi) is 4.45. The summed E-state index contributed by atoms with van der Waals surface area (Å²) in [6.45, 7) is 0. The summed E-state index contributed by atoms with van der Waals surface area (Å²) in [6.07, 6.45) is 0. The molecule has 0 aliphatic carbocycles. The molecule has 1 heterocycles. The number of sulfonamides is 1. The molecule has 0 aliphatic rings. The van der Waals surface area contributed by atoms with Crippen molar-refractivity contribution in [2.75, 3.05) is 7.11 Å². The Morgan fingerprint density at radius 3 is 2.24 bits per heavy atom. The number of carbonyl (C=O) groups excluding carboxylic acids is 1. The average molecular weight is 431 g/mol. The number of rotatable bonds is 4. The van der Waals surface area contributed by atoms with Crippen molar-refractivity contribution in [3.63, 3.8) is 0 Å². The van der Waals surface area contributed by atoms with Crippen LogP contribution in [0.4, 0.5) is 0 Å². The van der Waals surface area contributed by atoms with E-state index in [0.29, 0.717) is 32.7 Å². The van der Waals surface area contributed by atoms with Crippen LogP contribution in [0.25, 0.3) is 27.4 Å². The molecule has 1 amide bonds. The SMILES string of the molecule is COc1ccc2c(ccc3c(C(N)=O)nn(-c4ccc(S(N)(=O)=O)cc4)c32)c1Cl. The summed E-state index contributed by atoms with van der Waals surface area (Å²) in [7, 11) is -2.31. The van der Waals surface area contributed by atoms with Gasteiger partial charge in [0, 0.05) is 16.2 Å². The van der Waals surface area contributed by atoms with Gasteiger partial charge in [-0.1, -0.05) is 17.7 Å². The first kappa shape index (κ1) is 19.2. The van der Waals surface area contributed by atoms with Gasteiger partial charge in [-0.25, -0.2) is 18.2 Å². The van der Waals surface area contributed by atoms with E-state index >= 15 is 0 Å². The molecule has 0 radical (unpaired) electrons. The molecular formula is C19H15ClN4O4S. The third-order valence-electron chi connectivity index (χ3n) is 4.60. The van der Waals surface area contributed by atoms with E-state index in [1.807, 2.05) is 6.07 Å². The fourth-order valence-electron chi connectivity index (χ4n) is 3.26. The van der Waals surface area contributed by atoms with Gasteiger partial charge in [-0.15, -0.1) is 0 Å². The average Bonchev–Trinajstić information content (AvgIpc) is 3.08. The van der Waals surface area contributed by atoms with Gasteiger partial charge in [0.05, 0.1) is 28.2 Å². The molecule has 4 rings (SSSR count). The van der Waals surface area contributed by atoms with E-state index in [1.54, 1.807) is 30.3 Å². The fraction of sp³-hybridized carbons (Fsp3) is 0.0526. The predicted octanol–water partition coefficient (Wildman–Crippen LogP) is 2.59. The van der Waals surface area contributed by atoms with Crippen molar-refractivity contribution < 1.29 is 17.9 Å². The molecule has 0 saturated heterocycles. The van der Waals surface area contributed by atoms with Crippen LogP contribution in [0.5, 0.6) is 5.75 Å². The number of ether oxygens (including phenoxy) is 1. The van der Waals surface area contributed by atoms with Crippen LogP contribution in [0.3, 0.4) is 0 Å². The summed E-state index contributed by atoms with van der Waals surface area (Å²) in [5.41, 5.74) is 6.73. The molecule has 0 aliphatic heterocycles. The number of hydrogen-bond acceptors (Lipinski definition) is 5. The number of nitrogens with zero attached hydrogens (tertiary/aromatic N) is 2. The number of methoxy groups -OCH3 is 1. The van der Waals surface area contributed by atoms with Crippen LogP contribution in [0.15, 0.2) is 53.4 Å². The molecule has 0 unspecified atom stereocenters. The molecule has 148 valence electrons. The highest BCUT2D eigenvalue weighted by molar-refractivity contribution is 7.89. The van der Waals surface area contributed by atoms with Crippen molar-refractivity contribution in [2.45, 2.75) is 4.90 Å². The third-order valence-corrected chi connectivity index (χ3v) is 5.92. The largest absolute Gasteiger partial charge is 0.495 e. The summed E-state index contributed by atoms with van der Waals surface area (Å²) in [5, 5.41) is 11.9. The van der Waals surface area contributed by atoms with Gasteiger partial charge in [0.2, 0.25) is 10.0 Å². The van der Waals surface area contributed by atoms with E-state index in [0.717, 1.165) is 5.39 Å². The topological polar surface area (TPSA) is 130 Å². The summed E-state index contributed by atoms with van der Waals surface area (Å²) >= 11 is 6.45. The molecule has 8 nitrogen and oxygen atoms in total. The first-order valence-corrected chi connectivity index (χ1v) is 10.3. The van der Waals surface area contributed by atoms with Gasteiger partial charge in [0.15, 0.2) is 5.69 Å². The Labute approximate surface area is 170 Å². The van der Waals surface area contributed by atoms with Crippen molar-refractivity contribution >= 4 is 49.2 Å². The Hall–Kier alpha value is -3.14. The maximum Gasteiger partial charge on any atom is 0.269 e. The third kappa shape index (κ3) is 3.09. The van der Waals surface area contributed by atoms with Gasteiger partial charge in [0.1, 0.15) is 5.75 Å². The van der Waals surface area contributed by atoms with E-state index in [-0.39, 0.29) is 10.6 Å². The second kappa shape index (κ2) is 6.73. The number of primary amides is 1. The van der Waals surface area contributed by atoms with E-state index in [4.69, 9.17) is 27.2 Å². The summed E-state index contributed by atoms with van der Waals surface area (Å²) in [5.74, 6) is -0.175. The van der Waals surface area contributed by atoms with Gasteiger partial charge < -0.3 is 10.5 Å². The maximum atomic E-state index is 12.0.